The van der Waals surface area contributed by atoms with E-state index in [1.54, 1.807) is 0 Å². The zero-order valence-corrected chi connectivity index (χ0v) is 43.8. The maximum atomic E-state index is 5.07. The maximum absolute atomic E-state index is 5.07. The number of thiophene rings is 2. The minimum Gasteiger partial charge on any atom is -0.172 e. The molecule has 9 aromatic rings. The molecule has 0 saturated heterocycles. The van der Waals surface area contributed by atoms with Crippen molar-refractivity contribution in [1.82, 2.24) is 8.75 Å². The lowest BCUT2D eigenvalue weighted by atomic mass is 9.66. The van der Waals surface area contributed by atoms with Gasteiger partial charge in [0, 0.05) is 30.6 Å². The molecule has 10 rings (SSSR count). The number of hydrogen-bond acceptors (Lipinski definition) is 5. The van der Waals surface area contributed by atoms with Crippen LogP contribution in [0, 0.1) is 0 Å². The van der Waals surface area contributed by atoms with Gasteiger partial charge in [0.25, 0.3) is 0 Å². The van der Waals surface area contributed by atoms with Crippen molar-refractivity contribution in [3.8, 4) is 42.4 Å². The molecule has 0 bridgehead atoms. The smallest absolute Gasteiger partial charge is 0.114 e. The third-order valence-corrected chi connectivity index (χ3v) is 17.9. The van der Waals surface area contributed by atoms with Crippen molar-refractivity contribution in [3.63, 3.8) is 0 Å². The van der Waals surface area contributed by atoms with Crippen molar-refractivity contribution in [2.45, 2.75) is 136 Å². The summed E-state index contributed by atoms with van der Waals surface area (Å²) in [5.74, 6) is 0. The first kappa shape index (κ1) is 46.5. The van der Waals surface area contributed by atoms with Gasteiger partial charge in [-0.05, 0) is 121 Å². The second-order valence-corrected chi connectivity index (χ2v) is 23.9. The Hall–Kier alpha value is -5.20. The minimum atomic E-state index is -0.521. The van der Waals surface area contributed by atoms with Gasteiger partial charge in [0.15, 0.2) is 0 Å². The molecule has 0 spiro atoms. The monoisotopic (exact) mass is 946 g/mol. The third kappa shape index (κ3) is 8.31. The van der Waals surface area contributed by atoms with E-state index in [-0.39, 0.29) is 10.8 Å². The normalized spacial score (nSPS) is 13.4. The number of hydrogen-bond donors (Lipinski definition) is 0. The van der Waals surface area contributed by atoms with Gasteiger partial charge in [-0.25, -0.2) is 0 Å². The van der Waals surface area contributed by atoms with Gasteiger partial charge in [-0.15, -0.1) is 22.7 Å². The molecule has 0 saturated carbocycles. The molecule has 0 radical (unpaired) electrons. The standard InChI is InChI=1S/C63H66N2S3/c1-9-11-13-17-25-41-38-54(49-35-36-50(58-57(49)64-68-65-58)55-39-43(26-18-14-12-10-2)60(67-55)62(6,7)8)66-59(41)42-33-34-48-52(37-42)63(44-27-19-15-20-28-44,45-29-21-16-22-30-45)53-40-51(61(3,4)5)46-31-23-24-32-47(46)56(48)53/h15-16,19-24,27-40H,9-14,17-18,25-26H2,1-8H3. The second-order valence-electron chi connectivity index (χ2n) is 21.3. The van der Waals surface area contributed by atoms with Gasteiger partial charge < -0.3 is 0 Å². The van der Waals surface area contributed by atoms with Crippen LogP contribution < -0.4 is 0 Å². The van der Waals surface area contributed by atoms with Crippen LogP contribution in [0.3, 0.4) is 0 Å². The lowest BCUT2D eigenvalue weighted by molar-refractivity contribution is 0.590. The van der Waals surface area contributed by atoms with E-state index in [2.05, 4.69) is 189 Å². The zero-order valence-electron chi connectivity index (χ0n) is 41.4. The molecule has 5 heteroatoms. The Morgan fingerprint density at radius 1 is 0.485 bits per heavy atom. The predicted octanol–water partition coefficient (Wildman–Crippen LogP) is 19.2. The third-order valence-electron chi connectivity index (χ3n) is 14.5. The van der Waals surface area contributed by atoms with E-state index in [4.69, 9.17) is 8.75 Å². The van der Waals surface area contributed by atoms with Crippen LogP contribution in [0.1, 0.15) is 151 Å². The van der Waals surface area contributed by atoms with Crippen molar-refractivity contribution in [2.24, 2.45) is 0 Å². The number of unbranched alkanes of at least 4 members (excludes halogenated alkanes) is 6. The second kappa shape index (κ2) is 18.9. The van der Waals surface area contributed by atoms with Crippen LogP contribution in [0.25, 0.3) is 64.3 Å². The molecule has 6 aromatic carbocycles. The van der Waals surface area contributed by atoms with Gasteiger partial charge in [0.1, 0.15) is 11.0 Å². The predicted molar refractivity (Wildman–Crippen MR) is 297 cm³/mol. The molecule has 1 aliphatic rings. The van der Waals surface area contributed by atoms with Crippen LogP contribution >= 0.6 is 34.4 Å². The van der Waals surface area contributed by atoms with Crippen molar-refractivity contribution in [1.29, 1.82) is 0 Å². The summed E-state index contributed by atoms with van der Waals surface area (Å²) in [4.78, 5) is 5.46. The van der Waals surface area contributed by atoms with Crippen molar-refractivity contribution in [3.05, 3.63) is 177 Å². The Bertz CT molecular complexity index is 3180. The van der Waals surface area contributed by atoms with E-state index < -0.39 is 5.41 Å². The molecule has 0 amide bonds. The number of aryl methyl sites for hydroxylation is 2. The summed E-state index contributed by atoms with van der Waals surface area (Å²) in [6, 6.07) is 51.5. The number of aromatic nitrogens is 2. The van der Waals surface area contributed by atoms with Crippen molar-refractivity contribution in [2.75, 3.05) is 0 Å². The van der Waals surface area contributed by atoms with E-state index in [0.717, 1.165) is 23.9 Å². The Labute approximate surface area is 417 Å². The van der Waals surface area contributed by atoms with E-state index in [0.29, 0.717) is 0 Å². The molecule has 346 valence electrons. The highest BCUT2D eigenvalue weighted by molar-refractivity contribution is 7.19. The van der Waals surface area contributed by atoms with Gasteiger partial charge in [0.05, 0.1) is 17.1 Å². The maximum Gasteiger partial charge on any atom is 0.114 e. The Kier molecular flexibility index (Phi) is 13.0. The number of rotatable bonds is 15. The average molecular weight is 947 g/mol. The first-order valence-electron chi connectivity index (χ1n) is 25.3. The molecule has 3 aromatic heterocycles. The summed E-state index contributed by atoms with van der Waals surface area (Å²) in [6.45, 7) is 18.8. The molecule has 3 heterocycles. The van der Waals surface area contributed by atoms with Crippen LogP contribution in [0.2, 0.25) is 0 Å². The molecule has 68 heavy (non-hydrogen) atoms. The van der Waals surface area contributed by atoms with Gasteiger partial charge in [0.2, 0.25) is 0 Å². The first-order chi connectivity index (χ1) is 32.9. The van der Waals surface area contributed by atoms with E-state index >= 15 is 0 Å². The Morgan fingerprint density at radius 2 is 1.03 bits per heavy atom. The van der Waals surface area contributed by atoms with Crippen LogP contribution in [0.15, 0.2) is 133 Å². The van der Waals surface area contributed by atoms with Crippen LogP contribution in [-0.4, -0.2) is 8.75 Å². The lowest BCUT2D eigenvalue weighted by Gasteiger charge is -2.35. The van der Waals surface area contributed by atoms with Crippen LogP contribution in [-0.2, 0) is 29.1 Å². The molecule has 0 aliphatic heterocycles. The topological polar surface area (TPSA) is 25.8 Å². The zero-order chi connectivity index (χ0) is 47.2. The fourth-order valence-corrected chi connectivity index (χ4v) is 14.3. The highest BCUT2D eigenvalue weighted by Gasteiger charge is 2.48. The van der Waals surface area contributed by atoms with Gasteiger partial charge >= 0.3 is 0 Å². The molecule has 0 fully saturated rings. The van der Waals surface area contributed by atoms with Crippen LogP contribution in [0.5, 0.6) is 0 Å². The first-order valence-corrected chi connectivity index (χ1v) is 27.6. The summed E-state index contributed by atoms with van der Waals surface area (Å²) in [5.41, 5.74) is 17.6. The molecule has 2 nitrogen and oxygen atoms in total. The number of benzene rings is 6. The summed E-state index contributed by atoms with van der Waals surface area (Å²) in [5, 5.41) is 2.67. The number of nitrogens with zero attached hydrogens (tertiary/aromatic N) is 2. The highest BCUT2D eigenvalue weighted by Crippen LogP contribution is 2.60. The van der Waals surface area contributed by atoms with E-state index in [1.807, 2.05) is 22.7 Å². The Morgan fingerprint density at radius 3 is 1.62 bits per heavy atom. The molecule has 0 N–H and O–H groups in total. The van der Waals surface area contributed by atoms with E-state index in [9.17, 15) is 0 Å². The summed E-state index contributed by atoms with van der Waals surface area (Å²) in [6.07, 6.45) is 12.2. The minimum absolute atomic E-state index is 0.0554. The molecule has 0 unspecified atom stereocenters. The largest absolute Gasteiger partial charge is 0.172 e. The molecular formula is C63H66N2S3. The summed E-state index contributed by atoms with van der Waals surface area (Å²) < 4.78 is 10.1. The highest BCUT2D eigenvalue weighted by atomic mass is 32.1. The quantitative estimate of drug-likeness (QED) is 0.0957. The van der Waals surface area contributed by atoms with Crippen molar-refractivity contribution >= 4 is 56.2 Å². The Balaban J connectivity index is 1.15. The van der Waals surface area contributed by atoms with Gasteiger partial charge in [-0.3, -0.25) is 0 Å². The average Bonchev–Trinajstić information content (AvgIpc) is 4.16. The van der Waals surface area contributed by atoms with Gasteiger partial charge in [-0.1, -0.05) is 209 Å². The molecule has 0 atom stereocenters. The summed E-state index contributed by atoms with van der Waals surface area (Å²) in [7, 11) is 0. The SMILES string of the molecule is CCCCCCc1cc(-c2ccc(-c3cc(CCCCCC)c(C(C)(C)C)s3)c3nsnc23)sc1-c1ccc2c(c1)C(c1ccccc1)(c1ccccc1)c1cc(C(C)(C)C)c3ccccc3c1-2. The van der Waals surface area contributed by atoms with Crippen molar-refractivity contribution < 1.29 is 0 Å². The van der Waals surface area contributed by atoms with Crippen LogP contribution in [0.4, 0.5) is 0 Å². The fraction of sp³-hybridized carbons (Fsp3) is 0.333. The van der Waals surface area contributed by atoms with Gasteiger partial charge in [-0.2, -0.15) is 8.75 Å². The summed E-state index contributed by atoms with van der Waals surface area (Å²) >= 11 is 5.25. The van der Waals surface area contributed by atoms with E-state index in [1.165, 1.54) is 160 Å². The fourth-order valence-electron chi connectivity index (χ4n) is 11.2. The lowest BCUT2D eigenvalue weighted by Crippen LogP contribution is -2.29. The molecule has 1 aliphatic carbocycles. The number of fused-ring (bicyclic) bond motifs is 6. The molecular weight excluding hydrogens is 881 g/mol.